The zero-order valence-corrected chi connectivity index (χ0v) is 16.2. The van der Waals surface area contributed by atoms with Gasteiger partial charge in [-0.05, 0) is 51.2 Å². The van der Waals surface area contributed by atoms with Crippen molar-refractivity contribution in [2.75, 3.05) is 31.6 Å². The molecule has 4 heterocycles. The van der Waals surface area contributed by atoms with E-state index in [1.54, 1.807) is 6.07 Å². The van der Waals surface area contributed by atoms with Gasteiger partial charge in [0, 0.05) is 56.5 Å². The molecule has 3 aliphatic rings. The number of piperidine rings is 1. The molecule has 0 aromatic carbocycles. The van der Waals surface area contributed by atoms with Gasteiger partial charge in [-0.3, -0.25) is 9.69 Å². The van der Waals surface area contributed by atoms with E-state index >= 15 is 0 Å². The van der Waals surface area contributed by atoms with E-state index in [1.165, 1.54) is 0 Å². The molecule has 0 saturated carbocycles. The van der Waals surface area contributed by atoms with E-state index in [0.717, 1.165) is 57.8 Å². The van der Waals surface area contributed by atoms with Crippen LogP contribution in [0.2, 0.25) is 0 Å². The number of ether oxygens (including phenoxy) is 1. The Kier molecular flexibility index (Phi) is 5.23. The van der Waals surface area contributed by atoms with E-state index in [0.29, 0.717) is 23.6 Å². The predicted molar refractivity (Wildman–Crippen MR) is 104 cm³/mol. The van der Waals surface area contributed by atoms with E-state index < -0.39 is 0 Å². The van der Waals surface area contributed by atoms with Gasteiger partial charge >= 0.3 is 6.03 Å². The number of nitrogens with one attached hydrogen (secondary N) is 2. The summed E-state index contributed by atoms with van der Waals surface area (Å²) in [7, 11) is 0. The highest BCUT2D eigenvalue weighted by Gasteiger charge is 2.37. The van der Waals surface area contributed by atoms with Gasteiger partial charge in [-0.15, -0.1) is 0 Å². The van der Waals surface area contributed by atoms with Crippen LogP contribution >= 0.6 is 0 Å². The maximum absolute atomic E-state index is 12.9. The van der Waals surface area contributed by atoms with Crippen molar-refractivity contribution in [3.8, 4) is 0 Å². The van der Waals surface area contributed by atoms with Crippen molar-refractivity contribution in [3.05, 3.63) is 28.2 Å². The fourth-order valence-corrected chi connectivity index (χ4v) is 4.85. The number of carbonyl (C=O) groups excluding carboxylic acids is 1. The molecule has 2 atom stereocenters. The Bertz CT molecular complexity index is 754. The van der Waals surface area contributed by atoms with Crippen molar-refractivity contribution in [2.24, 2.45) is 5.92 Å². The molecule has 1 aromatic heterocycles. The lowest BCUT2D eigenvalue weighted by Crippen LogP contribution is -2.52. The summed E-state index contributed by atoms with van der Waals surface area (Å²) in [6, 6.07) is 4.11. The van der Waals surface area contributed by atoms with Crippen LogP contribution in [0.15, 0.2) is 16.9 Å². The van der Waals surface area contributed by atoms with E-state index in [2.05, 4.69) is 15.5 Å². The Morgan fingerprint density at radius 2 is 1.96 bits per heavy atom. The molecule has 3 aliphatic heterocycles. The lowest BCUT2D eigenvalue weighted by Gasteiger charge is -2.46. The molecule has 2 saturated heterocycles. The van der Waals surface area contributed by atoms with Crippen LogP contribution in [-0.2, 0) is 11.3 Å². The molecular formula is C20H30N4O3. The fourth-order valence-electron chi connectivity index (χ4n) is 4.85. The minimum absolute atomic E-state index is 0.0286. The molecule has 0 aliphatic carbocycles. The molecule has 2 bridgehead atoms. The van der Waals surface area contributed by atoms with Crippen LogP contribution in [0.1, 0.15) is 44.7 Å². The van der Waals surface area contributed by atoms with Crippen LogP contribution in [0.5, 0.6) is 0 Å². The van der Waals surface area contributed by atoms with E-state index in [1.807, 2.05) is 24.5 Å². The molecule has 148 valence electrons. The number of amides is 2. The van der Waals surface area contributed by atoms with Gasteiger partial charge in [0.2, 0.25) is 0 Å². The first kappa shape index (κ1) is 18.5. The van der Waals surface area contributed by atoms with Crippen molar-refractivity contribution in [3.63, 3.8) is 0 Å². The largest absolute Gasteiger partial charge is 0.381 e. The maximum Gasteiger partial charge on any atom is 0.319 e. The molecule has 0 spiro atoms. The zero-order valence-electron chi connectivity index (χ0n) is 16.2. The van der Waals surface area contributed by atoms with Crippen molar-refractivity contribution >= 4 is 11.7 Å². The van der Waals surface area contributed by atoms with Crippen LogP contribution < -0.4 is 16.2 Å². The second-order valence-electron chi connectivity index (χ2n) is 8.44. The number of urea groups is 1. The Balaban J connectivity index is 1.52. The smallest absolute Gasteiger partial charge is 0.319 e. The molecule has 27 heavy (non-hydrogen) atoms. The third-order valence-corrected chi connectivity index (χ3v) is 6.01. The minimum Gasteiger partial charge on any atom is -0.381 e. The normalized spacial score (nSPS) is 25.9. The summed E-state index contributed by atoms with van der Waals surface area (Å²) < 4.78 is 7.41. The molecule has 4 rings (SSSR count). The molecule has 1 aromatic rings. The van der Waals surface area contributed by atoms with Crippen molar-refractivity contribution in [1.82, 2.24) is 14.8 Å². The lowest BCUT2D eigenvalue weighted by molar-refractivity contribution is 0.00589. The second-order valence-corrected chi connectivity index (χ2v) is 8.44. The summed E-state index contributed by atoms with van der Waals surface area (Å²) in [6.45, 7) is 8.32. The number of rotatable bonds is 3. The third kappa shape index (κ3) is 3.89. The van der Waals surface area contributed by atoms with Gasteiger partial charge in [0.05, 0.1) is 0 Å². The number of pyridine rings is 1. The van der Waals surface area contributed by atoms with Crippen LogP contribution in [0.3, 0.4) is 0 Å². The van der Waals surface area contributed by atoms with Crippen molar-refractivity contribution < 1.29 is 9.53 Å². The van der Waals surface area contributed by atoms with Crippen LogP contribution in [0.4, 0.5) is 10.5 Å². The lowest BCUT2D eigenvalue weighted by atomic mass is 9.82. The first-order chi connectivity index (χ1) is 13.0. The van der Waals surface area contributed by atoms with Gasteiger partial charge in [-0.2, -0.15) is 0 Å². The number of hydrogen-bond donors (Lipinski definition) is 2. The molecule has 2 amide bonds. The molecule has 0 radical (unpaired) electrons. The summed E-state index contributed by atoms with van der Waals surface area (Å²) >= 11 is 0. The summed E-state index contributed by atoms with van der Waals surface area (Å²) in [5.41, 5.74) is 1.39. The van der Waals surface area contributed by atoms with E-state index in [4.69, 9.17) is 4.74 Å². The Morgan fingerprint density at radius 3 is 2.70 bits per heavy atom. The average molecular weight is 374 g/mol. The highest BCUT2D eigenvalue weighted by molar-refractivity contribution is 5.89. The second kappa shape index (κ2) is 7.64. The first-order valence-corrected chi connectivity index (χ1v) is 10.1. The topological polar surface area (TPSA) is 75.6 Å². The number of aromatic nitrogens is 1. The fraction of sp³-hybridized carbons (Fsp3) is 0.700. The predicted octanol–water partition coefficient (Wildman–Crippen LogP) is 1.98. The summed E-state index contributed by atoms with van der Waals surface area (Å²) in [5, 5.41) is 5.48. The van der Waals surface area contributed by atoms with Gasteiger partial charge in [0.1, 0.15) is 5.69 Å². The monoisotopic (exact) mass is 374 g/mol. The number of likely N-dealkylation sites (tertiary alicyclic amines) is 1. The number of fused-ring (bicyclic) bond motifs is 4. The van der Waals surface area contributed by atoms with E-state index in [-0.39, 0.29) is 17.6 Å². The Morgan fingerprint density at radius 1 is 1.19 bits per heavy atom. The average Bonchev–Trinajstić information content (AvgIpc) is 2.64. The minimum atomic E-state index is -0.329. The Labute approximate surface area is 160 Å². The number of carbonyl (C=O) groups is 1. The SMILES string of the molecule is CC(C)NC(=O)Nc1ccc2n(c1=O)C[C@H]1C[C@@H]2CN(C2CCOCC2)C1. The zero-order chi connectivity index (χ0) is 19.0. The van der Waals surface area contributed by atoms with Gasteiger partial charge in [-0.25, -0.2) is 4.79 Å². The van der Waals surface area contributed by atoms with Gasteiger partial charge < -0.3 is 19.9 Å². The van der Waals surface area contributed by atoms with Gasteiger partial charge in [0.15, 0.2) is 0 Å². The summed E-state index contributed by atoms with van der Waals surface area (Å²) in [4.78, 5) is 27.5. The van der Waals surface area contributed by atoms with E-state index in [9.17, 15) is 9.59 Å². The summed E-state index contributed by atoms with van der Waals surface area (Å²) in [6.07, 6.45) is 3.37. The van der Waals surface area contributed by atoms with Gasteiger partial charge in [0.25, 0.3) is 5.56 Å². The number of anilines is 1. The quantitative estimate of drug-likeness (QED) is 0.848. The molecule has 2 fully saturated rings. The molecule has 2 N–H and O–H groups in total. The first-order valence-electron chi connectivity index (χ1n) is 10.1. The van der Waals surface area contributed by atoms with Crippen molar-refractivity contribution in [2.45, 2.75) is 57.7 Å². The third-order valence-electron chi connectivity index (χ3n) is 6.01. The van der Waals surface area contributed by atoms with Crippen LogP contribution in [0, 0.1) is 5.92 Å². The molecule has 0 unspecified atom stereocenters. The van der Waals surface area contributed by atoms with Crippen molar-refractivity contribution in [1.29, 1.82) is 0 Å². The number of nitrogens with zero attached hydrogens (tertiary/aromatic N) is 2. The highest BCUT2D eigenvalue weighted by atomic mass is 16.5. The molecule has 7 nitrogen and oxygen atoms in total. The number of hydrogen-bond acceptors (Lipinski definition) is 4. The maximum atomic E-state index is 12.9. The Hall–Kier alpha value is -1.86. The van der Waals surface area contributed by atoms with Gasteiger partial charge in [-0.1, -0.05) is 0 Å². The van der Waals surface area contributed by atoms with Crippen LogP contribution in [-0.4, -0.2) is 53.9 Å². The molecular weight excluding hydrogens is 344 g/mol. The molecule has 7 heteroatoms. The highest BCUT2D eigenvalue weighted by Crippen LogP contribution is 2.37. The van der Waals surface area contributed by atoms with Crippen LogP contribution in [0.25, 0.3) is 0 Å². The summed E-state index contributed by atoms with van der Waals surface area (Å²) in [5.74, 6) is 0.892. The standard InChI is InChI=1S/C20H30N4O3/c1-13(2)21-20(26)22-17-3-4-18-15-9-14(11-24(18)19(17)25)10-23(12-15)16-5-7-27-8-6-16/h3-4,13-16H,5-12H2,1-2H3,(H2,21,22,26)/t14-,15+/m0/s1.